The fraction of sp³-hybridized carbons (Fsp3) is 0.562. The fourth-order valence-corrected chi connectivity index (χ4v) is 3.54. The summed E-state index contributed by atoms with van der Waals surface area (Å²) in [5.41, 5.74) is 2.03. The quantitative estimate of drug-likeness (QED) is 0.917. The minimum Gasteiger partial charge on any atom is -0.481 e. The molecule has 1 saturated heterocycles. The molecule has 1 heterocycles. The number of halogens is 1. The minimum atomic E-state index is -0.723. The largest absolute Gasteiger partial charge is 0.481 e. The summed E-state index contributed by atoms with van der Waals surface area (Å²) < 4.78 is 0. The predicted molar refractivity (Wildman–Crippen MR) is 80.7 cm³/mol. The Hall–Kier alpha value is -1.22. The Morgan fingerprint density at radius 3 is 2.50 bits per heavy atom. The van der Waals surface area contributed by atoms with Gasteiger partial charge in [-0.2, -0.15) is 0 Å². The van der Waals surface area contributed by atoms with Crippen LogP contribution in [0, 0.1) is 0 Å². The van der Waals surface area contributed by atoms with Crippen molar-refractivity contribution in [2.24, 2.45) is 0 Å². The van der Waals surface area contributed by atoms with E-state index in [1.54, 1.807) is 0 Å². The van der Waals surface area contributed by atoms with Gasteiger partial charge in [0.1, 0.15) is 0 Å². The van der Waals surface area contributed by atoms with Crippen LogP contribution in [0.25, 0.3) is 0 Å². The van der Waals surface area contributed by atoms with Gasteiger partial charge in [-0.15, -0.1) is 0 Å². The Morgan fingerprint density at radius 1 is 1.25 bits per heavy atom. The lowest BCUT2D eigenvalue weighted by molar-refractivity contribution is -0.137. The highest BCUT2D eigenvalue weighted by Gasteiger charge is 2.46. The maximum absolute atomic E-state index is 11.0. The van der Waals surface area contributed by atoms with Crippen LogP contribution in [0.3, 0.4) is 0 Å². The van der Waals surface area contributed by atoms with Gasteiger partial charge in [0, 0.05) is 18.5 Å². The molecular weight excluding hydrogens is 274 g/mol. The number of benzene rings is 1. The number of anilines is 1. The molecule has 0 amide bonds. The van der Waals surface area contributed by atoms with Gasteiger partial charge in [-0.25, -0.2) is 0 Å². The van der Waals surface area contributed by atoms with Gasteiger partial charge < -0.3 is 10.0 Å². The number of hydrogen-bond donors (Lipinski definition) is 1. The average molecular weight is 294 g/mol. The standard InChI is InChI=1S/C16H20ClNO2/c17-13-10-12(16(6-7-16)11-15(19)20)4-5-14(13)18-8-2-1-3-9-18/h4-5,10H,1-3,6-9,11H2,(H,19,20). The van der Waals surface area contributed by atoms with E-state index < -0.39 is 5.97 Å². The molecular formula is C16H20ClNO2. The van der Waals surface area contributed by atoms with Crippen molar-refractivity contribution in [2.45, 2.75) is 43.9 Å². The van der Waals surface area contributed by atoms with Crippen molar-refractivity contribution in [3.8, 4) is 0 Å². The highest BCUT2D eigenvalue weighted by atomic mass is 35.5. The Morgan fingerprint density at radius 2 is 1.95 bits per heavy atom. The number of hydrogen-bond acceptors (Lipinski definition) is 2. The van der Waals surface area contributed by atoms with Crippen LogP contribution in [0.15, 0.2) is 18.2 Å². The molecule has 3 rings (SSSR count). The number of carboxylic acid groups (broad SMARTS) is 1. The van der Waals surface area contributed by atoms with Gasteiger partial charge in [0.15, 0.2) is 0 Å². The van der Waals surface area contributed by atoms with Gasteiger partial charge in [-0.05, 0) is 49.8 Å². The average Bonchev–Trinajstić information content (AvgIpc) is 3.19. The zero-order valence-corrected chi connectivity index (χ0v) is 12.3. The first-order valence-corrected chi connectivity index (χ1v) is 7.75. The topological polar surface area (TPSA) is 40.5 Å². The van der Waals surface area contributed by atoms with Crippen LogP contribution in [0.5, 0.6) is 0 Å². The monoisotopic (exact) mass is 293 g/mol. The number of nitrogens with zero attached hydrogens (tertiary/aromatic N) is 1. The number of piperidine rings is 1. The summed E-state index contributed by atoms with van der Waals surface area (Å²) in [5.74, 6) is -0.723. The van der Waals surface area contributed by atoms with Crippen molar-refractivity contribution in [2.75, 3.05) is 18.0 Å². The molecule has 0 atom stereocenters. The van der Waals surface area contributed by atoms with Crippen molar-refractivity contribution in [3.05, 3.63) is 28.8 Å². The van der Waals surface area contributed by atoms with Gasteiger partial charge in [0.05, 0.1) is 17.1 Å². The van der Waals surface area contributed by atoms with Crippen LogP contribution >= 0.6 is 11.6 Å². The molecule has 20 heavy (non-hydrogen) atoms. The maximum atomic E-state index is 11.0. The van der Waals surface area contributed by atoms with Crippen LogP contribution < -0.4 is 4.90 Å². The van der Waals surface area contributed by atoms with Gasteiger partial charge in [0.25, 0.3) is 0 Å². The Balaban J connectivity index is 1.82. The third-order valence-electron chi connectivity index (χ3n) is 4.60. The normalized spacial score (nSPS) is 20.8. The summed E-state index contributed by atoms with van der Waals surface area (Å²) in [6, 6.07) is 6.14. The van der Waals surface area contributed by atoms with Crippen LogP contribution in [-0.4, -0.2) is 24.2 Å². The number of rotatable bonds is 4. The summed E-state index contributed by atoms with van der Waals surface area (Å²) in [7, 11) is 0. The van der Waals surface area contributed by atoms with Crippen molar-refractivity contribution in [1.29, 1.82) is 0 Å². The van der Waals surface area contributed by atoms with Crippen LogP contribution in [0.4, 0.5) is 5.69 Å². The second-order valence-electron chi connectivity index (χ2n) is 6.06. The molecule has 0 bridgehead atoms. The summed E-state index contributed by atoms with van der Waals surface area (Å²) in [6.45, 7) is 2.14. The van der Waals surface area contributed by atoms with Crippen LogP contribution in [0.2, 0.25) is 5.02 Å². The van der Waals surface area contributed by atoms with Crippen molar-refractivity contribution >= 4 is 23.3 Å². The predicted octanol–water partition coefficient (Wildman–Crippen LogP) is 3.84. The Bertz CT molecular complexity index is 519. The third-order valence-corrected chi connectivity index (χ3v) is 4.90. The van der Waals surface area contributed by atoms with Crippen LogP contribution in [0.1, 0.15) is 44.1 Å². The molecule has 4 heteroatoms. The second kappa shape index (κ2) is 5.28. The van der Waals surface area contributed by atoms with E-state index in [0.29, 0.717) is 0 Å². The van der Waals surface area contributed by atoms with Crippen molar-refractivity contribution < 1.29 is 9.90 Å². The third kappa shape index (κ3) is 2.64. The molecule has 2 aliphatic rings. The van der Waals surface area contributed by atoms with E-state index in [2.05, 4.69) is 17.0 Å². The molecule has 3 nitrogen and oxygen atoms in total. The summed E-state index contributed by atoms with van der Waals surface area (Å²) in [5, 5.41) is 9.80. The highest BCUT2D eigenvalue weighted by molar-refractivity contribution is 6.33. The molecule has 1 N–H and O–H groups in total. The Labute approximate surface area is 124 Å². The van der Waals surface area contributed by atoms with E-state index in [1.165, 1.54) is 19.3 Å². The van der Waals surface area contributed by atoms with E-state index in [9.17, 15) is 4.79 Å². The molecule has 0 spiro atoms. The smallest absolute Gasteiger partial charge is 0.304 e. The second-order valence-corrected chi connectivity index (χ2v) is 6.47. The van der Waals surface area contributed by atoms with Gasteiger partial charge >= 0.3 is 5.97 Å². The molecule has 0 unspecified atom stereocenters. The fourth-order valence-electron chi connectivity index (χ4n) is 3.24. The highest BCUT2D eigenvalue weighted by Crippen LogP contribution is 2.52. The van der Waals surface area contributed by atoms with Gasteiger partial charge in [0.2, 0.25) is 0 Å². The van der Waals surface area contributed by atoms with Crippen LogP contribution in [-0.2, 0) is 10.2 Å². The molecule has 1 aliphatic heterocycles. The van der Waals surface area contributed by atoms with Gasteiger partial charge in [-0.3, -0.25) is 4.79 Å². The molecule has 1 aliphatic carbocycles. The Kier molecular flexibility index (Phi) is 3.63. The summed E-state index contributed by atoms with van der Waals surface area (Å²) in [6.07, 6.45) is 5.87. The number of aliphatic carboxylic acids is 1. The van der Waals surface area contributed by atoms with Crippen molar-refractivity contribution in [1.82, 2.24) is 0 Å². The maximum Gasteiger partial charge on any atom is 0.304 e. The van der Waals surface area contributed by atoms with Crippen molar-refractivity contribution in [3.63, 3.8) is 0 Å². The summed E-state index contributed by atoms with van der Waals surface area (Å²) in [4.78, 5) is 13.3. The zero-order chi connectivity index (χ0) is 14.2. The molecule has 2 fully saturated rings. The lowest BCUT2D eigenvalue weighted by atomic mass is 9.92. The lowest BCUT2D eigenvalue weighted by Gasteiger charge is -2.30. The summed E-state index contributed by atoms with van der Waals surface area (Å²) >= 11 is 6.44. The van der Waals surface area contributed by atoms with Gasteiger partial charge in [-0.1, -0.05) is 17.7 Å². The lowest BCUT2D eigenvalue weighted by Crippen LogP contribution is -2.29. The molecule has 108 valence electrons. The van der Waals surface area contributed by atoms with E-state index >= 15 is 0 Å². The zero-order valence-electron chi connectivity index (χ0n) is 11.6. The van der Waals surface area contributed by atoms with E-state index in [1.807, 2.05) is 6.07 Å². The molecule has 0 aromatic heterocycles. The molecule has 0 radical (unpaired) electrons. The van der Waals surface area contributed by atoms with E-state index in [4.69, 9.17) is 16.7 Å². The SMILES string of the molecule is O=C(O)CC1(c2ccc(N3CCCCC3)c(Cl)c2)CC1. The first-order valence-electron chi connectivity index (χ1n) is 7.38. The number of carbonyl (C=O) groups is 1. The van der Waals surface area contributed by atoms with E-state index in [0.717, 1.165) is 42.2 Å². The number of carboxylic acids is 1. The molecule has 1 aromatic carbocycles. The van der Waals surface area contributed by atoms with E-state index in [-0.39, 0.29) is 11.8 Å². The first kappa shape index (κ1) is 13.7. The minimum absolute atomic E-state index is 0.157. The molecule has 1 aromatic rings. The molecule has 1 saturated carbocycles. The first-order chi connectivity index (χ1) is 9.61.